The third-order valence-corrected chi connectivity index (χ3v) is 11.8. The van der Waals surface area contributed by atoms with E-state index in [0.717, 1.165) is 66.5 Å². The maximum atomic E-state index is 6.66. The van der Waals surface area contributed by atoms with Gasteiger partial charge in [-0.15, -0.1) is 0 Å². The van der Waals surface area contributed by atoms with E-state index in [0.29, 0.717) is 5.89 Å². The molecule has 276 valence electrons. The maximum absolute atomic E-state index is 6.66. The average molecular weight is 754 g/mol. The zero-order chi connectivity index (χ0) is 38.9. The van der Waals surface area contributed by atoms with Crippen molar-refractivity contribution in [1.29, 1.82) is 0 Å². The van der Waals surface area contributed by atoms with Crippen molar-refractivity contribution in [3.05, 3.63) is 212 Å². The highest BCUT2D eigenvalue weighted by atomic mass is 16.3. The number of anilines is 3. The predicted octanol–water partition coefficient (Wildman–Crippen LogP) is 15.2. The van der Waals surface area contributed by atoms with Gasteiger partial charge >= 0.3 is 0 Å². The number of oxazole rings is 1. The Morgan fingerprint density at radius 3 is 1.85 bits per heavy atom. The molecule has 10 aromatic carbocycles. The highest BCUT2D eigenvalue weighted by Gasteiger charge is 2.22. The van der Waals surface area contributed by atoms with Gasteiger partial charge in [-0.25, -0.2) is 4.98 Å². The lowest BCUT2D eigenvalue weighted by Crippen LogP contribution is -2.11. The summed E-state index contributed by atoms with van der Waals surface area (Å²) in [6.45, 7) is 0. The molecule has 0 fully saturated rings. The first-order valence-corrected chi connectivity index (χ1v) is 20.0. The van der Waals surface area contributed by atoms with Crippen molar-refractivity contribution in [1.82, 2.24) is 9.55 Å². The first-order chi connectivity index (χ1) is 29.3. The number of hydrogen-bond donors (Lipinski definition) is 0. The van der Waals surface area contributed by atoms with Crippen LogP contribution < -0.4 is 4.90 Å². The van der Waals surface area contributed by atoms with Crippen molar-refractivity contribution in [3.63, 3.8) is 0 Å². The van der Waals surface area contributed by atoms with E-state index in [4.69, 9.17) is 9.40 Å². The Balaban J connectivity index is 1.15. The summed E-state index contributed by atoms with van der Waals surface area (Å²) in [5, 5.41) is 9.21. The molecule has 0 saturated carbocycles. The highest BCUT2D eigenvalue weighted by Crippen LogP contribution is 2.45. The molecular formula is C55H35N3O. The second kappa shape index (κ2) is 13.3. The summed E-state index contributed by atoms with van der Waals surface area (Å²) in [7, 11) is 0. The van der Waals surface area contributed by atoms with Crippen molar-refractivity contribution in [2.75, 3.05) is 4.90 Å². The van der Waals surface area contributed by atoms with Crippen LogP contribution >= 0.6 is 0 Å². The van der Waals surface area contributed by atoms with Crippen LogP contribution in [0.5, 0.6) is 0 Å². The highest BCUT2D eigenvalue weighted by molar-refractivity contribution is 6.19. The van der Waals surface area contributed by atoms with Crippen LogP contribution in [0, 0.1) is 0 Å². The molecule has 0 unspecified atom stereocenters. The van der Waals surface area contributed by atoms with Crippen LogP contribution in [0.4, 0.5) is 17.1 Å². The van der Waals surface area contributed by atoms with Crippen LogP contribution in [0.15, 0.2) is 217 Å². The Kier molecular flexibility index (Phi) is 7.50. The van der Waals surface area contributed by atoms with E-state index in [-0.39, 0.29) is 0 Å². The van der Waals surface area contributed by atoms with Gasteiger partial charge in [0.15, 0.2) is 5.58 Å². The Hall–Kier alpha value is -7.95. The van der Waals surface area contributed by atoms with Gasteiger partial charge in [-0.2, -0.15) is 0 Å². The van der Waals surface area contributed by atoms with Crippen LogP contribution in [0.3, 0.4) is 0 Å². The molecule has 2 heterocycles. The fourth-order valence-electron chi connectivity index (χ4n) is 9.08. The van der Waals surface area contributed by atoms with Crippen molar-refractivity contribution in [2.24, 2.45) is 0 Å². The summed E-state index contributed by atoms with van der Waals surface area (Å²) < 4.78 is 9.05. The van der Waals surface area contributed by atoms with Crippen molar-refractivity contribution in [2.45, 2.75) is 0 Å². The van der Waals surface area contributed by atoms with E-state index in [1.807, 2.05) is 30.3 Å². The largest absolute Gasteiger partial charge is 0.435 e. The van der Waals surface area contributed by atoms with Gasteiger partial charge in [0.2, 0.25) is 5.89 Å². The number of aromatic nitrogens is 2. The first kappa shape index (κ1) is 33.2. The lowest BCUT2D eigenvalue weighted by molar-refractivity contribution is 0.623. The van der Waals surface area contributed by atoms with Crippen molar-refractivity contribution >= 4 is 82.3 Å². The minimum atomic E-state index is 0.620. The van der Waals surface area contributed by atoms with Gasteiger partial charge < -0.3 is 13.9 Å². The van der Waals surface area contributed by atoms with Gasteiger partial charge in [-0.1, -0.05) is 146 Å². The molecule has 12 rings (SSSR count). The molecule has 4 heteroatoms. The smallest absolute Gasteiger partial charge is 0.227 e. The van der Waals surface area contributed by atoms with E-state index in [2.05, 4.69) is 191 Å². The number of nitrogens with zero attached hydrogens (tertiary/aromatic N) is 3. The lowest BCUT2D eigenvalue weighted by atomic mass is 9.96. The molecule has 0 spiro atoms. The predicted molar refractivity (Wildman–Crippen MR) is 246 cm³/mol. The minimum absolute atomic E-state index is 0.620. The second-order valence-electron chi connectivity index (χ2n) is 15.1. The van der Waals surface area contributed by atoms with E-state index < -0.39 is 0 Å². The van der Waals surface area contributed by atoms with Crippen LogP contribution in [-0.4, -0.2) is 9.55 Å². The monoisotopic (exact) mass is 753 g/mol. The molecule has 0 saturated heterocycles. The van der Waals surface area contributed by atoms with E-state index >= 15 is 0 Å². The van der Waals surface area contributed by atoms with Crippen molar-refractivity contribution in [3.8, 4) is 28.3 Å². The zero-order valence-corrected chi connectivity index (χ0v) is 32.0. The Morgan fingerprint density at radius 2 is 1.03 bits per heavy atom. The fraction of sp³-hybridized carbons (Fsp3) is 0. The normalized spacial score (nSPS) is 11.7. The summed E-state index contributed by atoms with van der Waals surface area (Å²) >= 11 is 0. The molecule has 0 atom stereocenters. The van der Waals surface area contributed by atoms with Crippen LogP contribution in [-0.2, 0) is 0 Å². The minimum Gasteiger partial charge on any atom is -0.435 e. The van der Waals surface area contributed by atoms with Gasteiger partial charge in [-0.3, -0.25) is 0 Å². The summed E-state index contributed by atoms with van der Waals surface area (Å²) in [6.07, 6.45) is 0. The SMILES string of the molecule is c1ccc(-c2nc3ccc4ccc5ccc(N(c6ccc7c8ccccc8n(-c8ccccc8)c7c6)c6ccc(-c7ccccc7)c7ccccc67)cc5c4c3o2)cc1. The number of rotatable bonds is 6. The van der Waals surface area contributed by atoms with Gasteiger partial charge in [-0.05, 0) is 99.4 Å². The molecule has 59 heavy (non-hydrogen) atoms. The van der Waals surface area contributed by atoms with E-state index in [1.54, 1.807) is 0 Å². The van der Waals surface area contributed by atoms with Gasteiger partial charge in [0.25, 0.3) is 0 Å². The van der Waals surface area contributed by atoms with E-state index in [9.17, 15) is 0 Å². The van der Waals surface area contributed by atoms with Gasteiger partial charge in [0.1, 0.15) is 5.52 Å². The zero-order valence-electron chi connectivity index (χ0n) is 32.0. The molecule has 0 aliphatic heterocycles. The molecule has 2 aromatic heterocycles. The van der Waals surface area contributed by atoms with Gasteiger partial charge in [0.05, 0.1) is 16.7 Å². The van der Waals surface area contributed by atoms with Crippen molar-refractivity contribution < 1.29 is 4.42 Å². The third kappa shape index (κ3) is 5.34. The molecular weight excluding hydrogens is 719 g/mol. The molecule has 0 aliphatic rings. The second-order valence-corrected chi connectivity index (χ2v) is 15.1. The maximum Gasteiger partial charge on any atom is 0.227 e. The standard InChI is InChI=1S/C55H35N3O/c1-4-14-36(15-5-1)43-31-33-51(45-21-11-10-20-44(43)45)57(42-29-30-47-46-22-12-13-23-50(46)58(52(47)35-42)40-18-8-3-9-19-40)41-28-26-37-24-25-38-27-32-49-54(53(38)48(37)34-41)59-55(56-49)39-16-6-2-7-17-39/h1-35H. The van der Waals surface area contributed by atoms with Crippen LogP contribution in [0.2, 0.25) is 0 Å². The quantitative estimate of drug-likeness (QED) is 0.159. The lowest BCUT2D eigenvalue weighted by Gasteiger charge is -2.28. The van der Waals surface area contributed by atoms with Gasteiger partial charge in [0, 0.05) is 44.2 Å². The first-order valence-electron chi connectivity index (χ1n) is 20.0. The average Bonchev–Trinajstić information content (AvgIpc) is 3.89. The Morgan fingerprint density at radius 1 is 0.424 bits per heavy atom. The molecule has 4 nitrogen and oxygen atoms in total. The summed E-state index contributed by atoms with van der Waals surface area (Å²) in [5.74, 6) is 0.620. The summed E-state index contributed by atoms with van der Waals surface area (Å²) in [5.41, 5.74) is 11.6. The third-order valence-electron chi connectivity index (χ3n) is 11.8. The molecule has 0 bridgehead atoms. The molecule has 12 aromatic rings. The molecule has 0 amide bonds. The number of para-hydroxylation sites is 2. The van der Waals surface area contributed by atoms with E-state index in [1.165, 1.54) is 38.2 Å². The topological polar surface area (TPSA) is 34.2 Å². The summed E-state index contributed by atoms with van der Waals surface area (Å²) in [4.78, 5) is 7.39. The van der Waals surface area contributed by atoms with Crippen LogP contribution in [0.25, 0.3) is 93.5 Å². The summed E-state index contributed by atoms with van der Waals surface area (Å²) in [6, 6.07) is 75.9. The number of fused-ring (bicyclic) bond motifs is 9. The Labute approximate surface area is 340 Å². The number of hydrogen-bond acceptors (Lipinski definition) is 3. The number of benzene rings is 10. The fourth-order valence-corrected chi connectivity index (χ4v) is 9.08. The molecule has 0 aliphatic carbocycles. The van der Waals surface area contributed by atoms with Crippen LogP contribution in [0.1, 0.15) is 0 Å². The molecule has 0 radical (unpaired) electrons. The Bertz CT molecular complexity index is 3550. The molecule has 0 N–H and O–H groups in total.